The first-order valence-corrected chi connectivity index (χ1v) is 8.77. The summed E-state index contributed by atoms with van der Waals surface area (Å²) >= 11 is 0. The molecule has 0 saturated heterocycles. The number of carbonyl (C=O) groups is 2. The first-order valence-electron chi connectivity index (χ1n) is 8.77. The average Bonchev–Trinajstić information content (AvgIpc) is 3.33. The van der Waals surface area contributed by atoms with Gasteiger partial charge in [0.15, 0.2) is 17.3 Å². The normalized spacial score (nSPS) is 15.2. The van der Waals surface area contributed by atoms with Gasteiger partial charge in [0.05, 0.1) is 11.1 Å². The third-order valence-electron chi connectivity index (χ3n) is 4.44. The van der Waals surface area contributed by atoms with Gasteiger partial charge in [-0.05, 0) is 48.0 Å². The van der Waals surface area contributed by atoms with E-state index in [1.54, 1.807) is 54.9 Å². The highest BCUT2D eigenvalue weighted by Gasteiger charge is 2.28. The van der Waals surface area contributed by atoms with E-state index in [1.165, 1.54) is 6.07 Å². The minimum absolute atomic E-state index is 0.124. The minimum atomic E-state index is -0.557. The molecular weight excluding hydrogens is 374 g/mol. The molecule has 7 heteroatoms. The zero-order chi connectivity index (χ0) is 19.8. The number of benzene rings is 2. The predicted molar refractivity (Wildman–Crippen MR) is 101 cm³/mol. The molecule has 3 aromatic rings. The number of pyridine rings is 1. The molecule has 29 heavy (non-hydrogen) atoms. The number of ether oxygens (including phenoxy) is 4. The van der Waals surface area contributed by atoms with Gasteiger partial charge in [0.25, 0.3) is 0 Å². The molecule has 0 saturated carbocycles. The summed E-state index contributed by atoms with van der Waals surface area (Å²) in [7, 11) is 0. The van der Waals surface area contributed by atoms with Crippen LogP contribution in [0.2, 0.25) is 0 Å². The molecule has 0 atom stereocenters. The van der Waals surface area contributed by atoms with E-state index in [9.17, 15) is 9.59 Å². The molecule has 0 amide bonds. The molecule has 0 radical (unpaired) electrons. The van der Waals surface area contributed by atoms with Crippen molar-refractivity contribution < 1.29 is 28.5 Å². The van der Waals surface area contributed by atoms with Gasteiger partial charge in [0.2, 0.25) is 12.6 Å². The monoisotopic (exact) mass is 387 g/mol. The van der Waals surface area contributed by atoms with E-state index in [-0.39, 0.29) is 24.1 Å². The number of rotatable bonds is 3. The zero-order valence-corrected chi connectivity index (χ0v) is 15.0. The van der Waals surface area contributed by atoms with Crippen LogP contribution in [-0.2, 0) is 0 Å². The highest BCUT2D eigenvalue weighted by atomic mass is 16.7. The Hall–Kier alpha value is -4.13. The van der Waals surface area contributed by atoms with Crippen LogP contribution in [0.25, 0.3) is 6.08 Å². The summed E-state index contributed by atoms with van der Waals surface area (Å²) < 4.78 is 21.6. The fourth-order valence-electron chi connectivity index (χ4n) is 3.03. The lowest BCUT2D eigenvalue weighted by Crippen LogP contribution is -2.08. The number of allylic oxidation sites excluding steroid dienone is 1. The SMILES string of the molecule is O=C(Oc1ccc2c(c1)OC(=Cc1cccnc1)C2=O)c1ccc2c(c1)OCO2. The van der Waals surface area contributed by atoms with Crippen LogP contribution < -0.4 is 18.9 Å². The molecule has 0 aliphatic carbocycles. The summed E-state index contributed by atoms with van der Waals surface area (Å²) in [6.45, 7) is 0.124. The number of aromatic nitrogens is 1. The number of carbonyl (C=O) groups excluding carboxylic acids is 2. The summed E-state index contributed by atoms with van der Waals surface area (Å²) in [6, 6.07) is 13.0. The number of hydrogen-bond acceptors (Lipinski definition) is 7. The second-order valence-corrected chi connectivity index (χ2v) is 6.34. The molecule has 2 aliphatic heterocycles. The molecule has 1 aromatic heterocycles. The van der Waals surface area contributed by atoms with Crippen LogP contribution in [0.5, 0.6) is 23.0 Å². The van der Waals surface area contributed by atoms with Gasteiger partial charge >= 0.3 is 5.97 Å². The Morgan fingerprint density at radius 1 is 1.03 bits per heavy atom. The smallest absolute Gasteiger partial charge is 0.343 e. The standard InChI is InChI=1S/C22H13NO6/c24-21-16-5-4-15(10-18(16)29-20(21)8-13-2-1-7-23-11-13)28-22(25)14-3-6-17-19(9-14)27-12-26-17/h1-11H,12H2. The first-order chi connectivity index (χ1) is 14.2. The van der Waals surface area contributed by atoms with E-state index in [1.807, 2.05) is 6.07 Å². The molecule has 0 N–H and O–H groups in total. The lowest BCUT2D eigenvalue weighted by molar-refractivity contribution is 0.0734. The van der Waals surface area contributed by atoms with Gasteiger partial charge in [-0.2, -0.15) is 0 Å². The average molecular weight is 387 g/mol. The lowest BCUT2D eigenvalue weighted by atomic mass is 10.1. The topological polar surface area (TPSA) is 84.0 Å². The molecule has 0 bridgehead atoms. The summed E-state index contributed by atoms with van der Waals surface area (Å²) in [5.74, 6) is 1.07. The van der Waals surface area contributed by atoms with Gasteiger partial charge in [-0.1, -0.05) is 6.07 Å². The van der Waals surface area contributed by atoms with Crippen molar-refractivity contribution in [1.82, 2.24) is 4.98 Å². The van der Waals surface area contributed by atoms with Crippen molar-refractivity contribution in [2.75, 3.05) is 6.79 Å². The Labute approximate surface area is 165 Å². The minimum Gasteiger partial charge on any atom is -0.454 e. The highest BCUT2D eigenvalue weighted by molar-refractivity contribution is 6.14. The van der Waals surface area contributed by atoms with Crippen LogP contribution in [0.4, 0.5) is 0 Å². The zero-order valence-electron chi connectivity index (χ0n) is 15.0. The molecule has 3 heterocycles. The van der Waals surface area contributed by atoms with Crippen LogP contribution >= 0.6 is 0 Å². The van der Waals surface area contributed by atoms with Crippen molar-refractivity contribution in [3.63, 3.8) is 0 Å². The largest absolute Gasteiger partial charge is 0.454 e. The molecule has 2 aromatic carbocycles. The number of Topliss-reactive ketones (excluding diaryl/α,β-unsaturated/α-hetero) is 1. The first kappa shape index (κ1) is 17.0. The number of ketones is 1. The summed E-state index contributed by atoms with van der Waals surface area (Å²) in [6.07, 6.45) is 4.90. The highest BCUT2D eigenvalue weighted by Crippen LogP contribution is 2.36. The Bertz CT molecular complexity index is 1170. The lowest BCUT2D eigenvalue weighted by Gasteiger charge is -2.06. The van der Waals surface area contributed by atoms with E-state index < -0.39 is 5.97 Å². The Balaban J connectivity index is 1.36. The van der Waals surface area contributed by atoms with Gasteiger partial charge in [0.1, 0.15) is 11.5 Å². The molecule has 2 aliphatic rings. The van der Waals surface area contributed by atoms with Crippen LogP contribution in [0.3, 0.4) is 0 Å². The third kappa shape index (κ3) is 3.19. The van der Waals surface area contributed by atoms with Gasteiger partial charge in [0, 0.05) is 18.5 Å². The quantitative estimate of drug-likeness (QED) is 0.385. The van der Waals surface area contributed by atoms with Gasteiger partial charge in [-0.3, -0.25) is 9.78 Å². The molecule has 0 unspecified atom stereocenters. The van der Waals surface area contributed by atoms with Gasteiger partial charge < -0.3 is 18.9 Å². The number of esters is 1. The summed E-state index contributed by atoms with van der Waals surface area (Å²) in [5.41, 5.74) is 1.48. The fraction of sp³-hybridized carbons (Fsp3) is 0.0455. The van der Waals surface area contributed by atoms with Crippen molar-refractivity contribution in [1.29, 1.82) is 0 Å². The van der Waals surface area contributed by atoms with Crippen molar-refractivity contribution in [2.45, 2.75) is 0 Å². The van der Waals surface area contributed by atoms with E-state index in [2.05, 4.69) is 4.98 Å². The second kappa shape index (κ2) is 6.79. The van der Waals surface area contributed by atoms with Crippen molar-refractivity contribution in [3.8, 4) is 23.0 Å². The number of fused-ring (bicyclic) bond motifs is 2. The van der Waals surface area contributed by atoms with Crippen LogP contribution in [-0.4, -0.2) is 23.5 Å². The maximum absolute atomic E-state index is 12.5. The Morgan fingerprint density at radius 2 is 1.93 bits per heavy atom. The van der Waals surface area contributed by atoms with Crippen LogP contribution in [0, 0.1) is 0 Å². The Kier molecular flexibility index (Phi) is 3.98. The van der Waals surface area contributed by atoms with Gasteiger partial charge in [-0.25, -0.2) is 4.79 Å². The fourth-order valence-corrected chi connectivity index (χ4v) is 3.03. The van der Waals surface area contributed by atoms with Crippen LogP contribution in [0.15, 0.2) is 66.7 Å². The van der Waals surface area contributed by atoms with Crippen molar-refractivity contribution >= 4 is 17.8 Å². The molecule has 7 nitrogen and oxygen atoms in total. The summed E-state index contributed by atoms with van der Waals surface area (Å²) in [4.78, 5) is 29.0. The predicted octanol–water partition coefficient (Wildman–Crippen LogP) is 3.65. The molecule has 0 spiro atoms. The van der Waals surface area contributed by atoms with Crippen LogP contribution in [0.1, 0.15) is 26.3 Å². The number of hydrogen-bond donors (Lipinski definition) is 0. The second-order valence-electron chi connectivity index (χ2n) is 6.34. The number of nitrogens with zero attached hydrogens (tertiary/aromatic N) is 1. The molecular formula is C22H13NO6. The maximum Gasteiger partial charge on any atom is 0.343 e. The maximum atomic E-state index is 12.5. The van der Waals surface area contributed by atoms with Crippen molar-refractivity contribution in [3.05, 3.63) is 83.4 Å². The van der Waals surface area contributed by atoms with E-state index >= 15 is 0 Å². The molecule has 142 valence electrons. The van der Waals surface area contributed by atoms with Gasteiger partial charge in [-0.15, -0.1) is 0 Å². The van der Waals surface area contributed by atoms with E-state index in [0.29, 0.717) is 28.4 Å². The van der Waals surface area contributed by atoms with E-state index in [0.717, 1.165) is 5.56 Å². The Morgan fingerprint density at radius 3 is 2.79 bits per heavy atom. The molecule has 0 fully saturated rings. The third-order valence-corrected chi connectivity index (χ3v) is 4.44. The molecule has 5 rings (SSSR count). The van der Waals surface area contributed by atoms with Crippen molar-refractivity contribution in [2.24, 2.45) is 0 Å². The van der Waals surface area contributed by atoms with E-state index in [4.69, 9.17) is 18.9 Å². The summed E-state index contributed by atoms with van der Waals surface area (Å²) in [5, 5.41) is 0.